The molecule has 0 aromatic carbocycles. The van der Waals surface area contributed by atoms with Crippen molar-refractivity contribution in [1.82, 2.24) is 9.80 Å². The maximum Gasteiger partial charge on any atom is 0.394 e. The molecule has 0 radical (unpaired) electrons. The first-order valence-corrected chi connectivity index (χ1v) is 6.78. The molecule has 0 saturated carbocycles. The van der Waals surface area contributed by atoms with Gasteiger partial charge in [-0.3, -0.25) is 4.79 Å². The molecule has 0 unspecified atom stereocenters. The Balaban J connectivity index is 1.80. The van der Waals surface area contributed by atoms with Gasteiger partial charge in [0.15, 0.2) is 0 Å². The van der Waals surface area contributed by atoms with Crippen LogP contribution in [0.15, 0.2) is 0 Å². The molecule has 2 aliphatic rings. The molecule has 1 N–H and O–H groups in total. The maximum absolute atomic E-state index is 11.3. The molecule has 102 valence electrons. The summed E-state index contributed by atoms with van der Waals surface area (Å²) in [4.78, 5) is 25.8. The van der Waals surface area contributed by atoms with Gasteiger partial charge in [-0.05, 0) is 57.7 Å². The van der Waals surface area contributed by atoms with E-state index in [0.29, 0.717) is 19.0 Å². The Hall–Kier alpha value is -1.10. The Morgan fingerprint density at radius 1 is 0.944 bits per heavy atom. The van der Waals surface area contributed by atoms with E-state index < -0.39 is 11.9 Å². The third kappa shape index (κ3) is 3.02. The molecule has 0 aliphatic carbocycles. The van der Waals surface area contributed by atoms with Crippen LogP contribution >= 0.6 is 0 Å². The smallest absolute Gasteiger partial charge is 0.394 e. The van der Waals surface area contributed by atoms with Crippen LogP contribution in [0.25, 0.3) is 0 Å². The molecule has 2 saturated heterocycles. The van der Waals surface area contributed by atoms with Gasteiger partial charge in [-0.1, -0.05) is 0 Å². The van der Waals surface area contributed by atoms with Gasteiger partial charge in [0.25, 0.3) is 0 Å². The van der Waals surface area contributed by atoms with Gasteiger partial charge < -0.3 is 14.9 Å². The van der Waals surface area contributed by atoms with E-state index in [1.165, 1.54) is 30.8 Å². The fourth-order valence-electron chi connectivity index (χ4n) is 3.21. The number of carboxylic acids is 1. The van der Waals surface area contributed by atoms with Crippen LogP contribution in [0.3, 0.4) is 0 Å². The number of hydrogen-bond acceptors (Lipinski definition) is 3. The highest BCUT2D eigenvalue weighted by Gasteiger charge is 2.31. The highest BCUT2D eigenvalue weighted by molar-refractivity contribution is 6.31. The summed E-state index contributed by atoms with van der Waals surface area (Å²) in [5, 5.41) is 8.68. The second-order valence-corrected chi connectivity index (χ2v) is 5.58. The van der Waals surface area contributed by atoms with Gasteiger partial charge in [0.05, 0.1) is 0 Å². The van der Waals surface area contributed by atoms with Crippen LogP contribution in [0.5, 0.6) is 0 Å². The van der Waals surface area contributed by atoms with E-state index in [1.54, 1.807) is 0 Å². The Kier molecular flexibility index (Phi) is 4.22. The molecule has 2 rings (SSSR count). The highest BCUT2D eigenvalue weighted by Crippen LogP contribution is 2.32. The van der Waals surface area contributed by atoms with Crippen molar-refractivity contribution in [2.75, 3.05) is 33.2 Å². The molecule has 0 spiro atoms. The van der Waals surface area contributed by atoms with Crippen LogP contribution in [0, 0.1) is 11.8 Å². The number of carbonyl (C=O) groups is 2. The third-order valence-electron chi connectivity index (χ3n) is 4.44. The van der Waals surface area contributed by atoms with Crippen LogP contribution in [-0.4, -0.2) is 60.0 Å². The lowest BCUT2D eigenvalue weighted by Gasteiger charge is -2.39. The Morgan fingerprint density at radius 2 is 1.39 bits per heavy atom. The van der Waals surface area contributed by atoms with Gasteiger partial charge in [0.1, 0.15) is 0 Å². The van der Waals surface area contributed by atoms with E-state index in [9.17, 15) is 9.59 Å². The van der Waals surface area contributed by atoms with Crippen LogP contribution in [0.4, 0.5) is 0 Å². The fourth-order valence-corrected chi connectivity index (χ4v) is 3.21. The summed E-state index contributed by atoms with van der Waals surface area (Å²) in [6, 6.07) is 0. The lowest BCUT2D eigenvalue weighted by molar-refractivity contribution is -0.156. The molecule has 0 atom stereocenters. The summed E-state index contributed by atoms with van der Waals surface area (Å²) in [7, 11) is 2.16. The Labute approximate surface area is 108 Å². The van der Waals surface area contributed by atoms with Gasteiger partial charge >= 0.3 is 11.9 Å². The maximum atomic E-state index is 11.3. The first kappa shape index (κ1) is 13.3. The number of carbonyl (C=O) groups excluding carboxylic acids is 1. The van der Waals surface area contributed by atoms with Gasteiger partial charge in [-0.25, -0.2) is 4.79 Å². The number of rotatable bonds is 1. The summed E-state index contributed by atoms with van der Waals surface area (Å²) < 4.78 is 0. The van der Waals surface area contributed by atoms with Crippen molar-refractivity contribution in [3.8, 4) is 0 Å². The molecule has 0 aromatic heterocycles. The second kappa shape index (κ2) is 5.69. The molecule has 0 aromatic rings. The van der Waals surface area contributed by atoms with Crippen LogP contribution < -0.4 is 0 Å². The number of nitrogens with zero attached hydrogens (tertiary/aromatic N) is 2. The molecule has 18 heavy (non-hydrogen) atoms. The van der Waals surface area contributed by atoms with E-state index in [1.807, 2.05) is 0 Å². The molecular formula is C13H22N2O3. The predicted octanol–water partition coefficient (Wildman–Crippen LogP) is 0.651. The average molecular weight is 254 g/mol. The monoisotopic (exact) mass is 254 g/mol. The zero-order valence-electron chi connectivity index (χ0n) is 11.0. The standard InChI is InChI=1S/C13H22N2O3/c1-14-6-2-10(3-7-14)11-4-8-15(9-5-11)12(16)13(17)18/h10-11H,2-9H2,1H3,(H,17,18). The molecule has 1 amide bonds. The van der Waals surface area contributed by atoms with Crippen molar-refractivity contribution in [2.24, 2.45) is 11.8 Å². The van der Waals surface area contributed by atoms with Crippen LogP contribution in [-0.2, 0) is 9.59 Å². The minimum atomic E-state index is -1.33. The van der Waals surface area contributed by atoms with E-state index in [4.69, 9.17) is 5.11 Å². The summed E-state index contributed by atoms with van der Waals surface area (Å²) in [5.41, 5.74) is 0. The Bertz CT molecular complexity index is 316. The van der Waals surface area contributed by atoms with E-state index in [0.717, 1.165) is 18.8 Å². The minimum absolute atomic E-state index is 0.613. The van der Waals surface area contributed by atoms with Gasteiger partial charge in [-0.2, -0.15) is 0 Å². The first-order chi connectivity index (χ1) is 8.58. The van der Waals surface area contributed by atoms with Crippen molar-refractivity contribution < 1.29 is 14.7 Å². The van der Waals surface area contributed by atoms with E-state index >= 15 is 0 Å². The summed E-state index contributed by atoms with van der Waals surface area (Å²) >= 11 is 0. The average Bonchev–Trinajstić information content (AvgIpc) is 2.39. The molecule has 2 fully saturated rings. The molecule has 2 aliphatic heterocycles. The van der Waals surface area contributed by atoms with Crippen LogP contribution in [0.2, 0.25) is 0 Å². The summed E-state index contributed by atoms with van der Waals surface area (Å²) in [6.07, 6.45) is 4.42. The fraction of sp³-hybridized carbons (Fsp3) is 0.846. The quantitative estimate of drug-likeness (QED) is 0.698. The number of carboxylic acid groups (broad SMARTS) is 1. The Morgan fingerprint density at radius 3 is 1.83 bits per heavy atom. The zero-order chi connectivity index (χ0) is 13.1. The van der Waals surface area contributed by atoms with Gasteiger partial charge in [-0.15, -0.1) is 0 Å². The molecular weight excluding hydrogens is 232 g/mol. The first-order valence-electron chi connectivity index (χ1n) is 6.78. The van der Waals surface area contributed by atoms with Crippen LogP contribution in [0.1, 0.15) is 25.7 Å². The highest BCUT2D eigenvalue weighted by atomic mass is 16.4. The topological polar surface area (TPSA) is 60.9 Å². The summed E-state index contributed by atoms with van der Waals surface area (Å²) in [6.45, 7) is 3.56. The number of amides is 1. The lowest BCUT2D eigenvalue weighted by atomic mass is 9.79. The second-order valence-electron chi connectivity index (χ2n) is 5.58. The molecule has 0 bridgehead atoms. The van der Waals surface area contributed by atoms with Crippen molar-refractivity contribution in [3.05, 3.63) is 0 Å². The zero-order valence-corrected chi connectivity index (χ0v) is 11.0. The predicted molar refractivity (Wildman–Crippen MR) is 67.2 cm³/mol. The molecule has 5 nitrogen and oxygen atoms in total. The SMILES string of the molecule is CN1CCC(C2CCN(C(=O)C(=O)O)CC2)CC1. The lowest BCUT2D eigenvalue weighted by Crippen LogP contribution is -2.44. The van der Waals surface area contributed by atoms with Crippen molar-refractivity contribution in [1.29, 1.82) is 0 Å². The van der Waals surface area contributed by atoms with Gasteiger partial charge in [0.2, 0.25) is 0 Å². The molecule has 2 heterocycles. The van der Waals surface area contributed by atoms with E-state index in [-0.39, 0.29) is 0 Å². The van der Waals surface area contributed by atoms with Gasteiger partial charge in [0, 0.05) is 13.1 Å². The van der Waals surface area contributed by atoms with Crippen molar-refractivity contribution in [2.45, 2.75) is 25.7 Å². The van der Waals surface area contributed by atoms with Crippen molar-refractivity contribution in [3.63, 3.8) is 0 Å². The molecule has 5 heteroatoms. The summed E-state index contributed by atoms with van der Waals surface area (Å²) in [5.74, 6) is -0.621. The minimum Gasteiger partial charge on any atom is -0.474 e. The van der Waals surface area contributed by atoms with E-state index in [2.05, 4.69) is 11.9 Å². The number of piperidine rings is 2. The van der Waals surface area contributed by atoms with Crippen molar-refractivity contribution >= 4 is 11.9 Å². The normalized spacial score (nSPS) is 24.2. The number of hydrogen-bond donors (Lipinski definition) is 1. The largest absolute Gasteiger partial charge is 0.474 e. The third-order valence-corrected chi connectivity index (χ3v) is 4.44. The number of likely N-dealkylation sites (tertiary alicyclic amines) is 2. The number of aliphatic carboxylic acids is 1.